The third-order valence-electron chi connectivity index (χ3n) is 3.25. The molecule has 0 aromatic carbocycles. The number of nitrogens with one attached hydrogen (secondary N) is 1. The summed E-state index contributed by atoms with van der Waals surface area (Å²) in [5.41, 5.74) is 0. The fourth-order valence-corrected chi connectivity index (χ4v) is 2.45. The molecule has 1 amide bonds. The number of nitrogens with zero attached hydrogens (tertiary/aromatic N) is 3. The SMILES string of the molecule is O=C(CCn1cc(Br)cn1)NCCCN1CCOCC1. The molecule has 0 bridgehead atoms. The van der Waals surface area contributed by atoms with Crippen molar-refractivity contribution in [2.45, 2.75) is 19.4 Å². The first-order valence-corrected chi connectivity index (χ1v) is 7.78. The Balaban J connectivity index is 1.51. The molecule has 2 heterocycles. The standard InChI is InChI=1S/C13H21BrN4O2/c14-12-10-16-18(11-12)5-2-13(19)15-3-1-4-17-6-8-20-9-7-17/h10-11H,1-9H2,(H,15,19). The molecule has 0 aliphatic carbocycles. The molecule has 1 N–H and O–H groups in total. The minimum atomic E-state index is 0.0820. The molecule has 1 aliphatic heterocycles. The lowest BCUT2D eigenvalue weighted by Crippen LogP contribution is -2.38. The van der Waals surface area contributed by atoms with E-state index < -0.39 is 0 Å². The van der Waals surface area contributed by atoms with Gasteiger partial charge in [0.15, 0.2) is 0 Å². The molecular weight excluding hydrogens is 324 g/mol. The van der Waals surface area contributed by atoms with E-state index in [1.165, 1.54) is 0 Å². The number of rotatable bonds is 7. The third kappa shape index (κ3) is 5.60. The summed E-state index contributed by atoms with van der Waals surface area (Å²) in [7, 11) is 0. The zero-order chi connectivity index (χ0) is 14.2. The zero-order valence-electron chi connectivity index (χ0n) is 11.6. The van der Waals surface area contributed by atoms with E-state index in [1.54, 1.807) is 10.9 Å². The van der Waals surface area contributed by atoms with Gasteiger partial charge in [0.2, 0.25) is 5.91 Å². The number of carbonyl (C=O) groups excluding carboxylic acids is 1. The number of aryl methyl sites for hydroxylation is 1. The highest BCUT2D eigenvalue weighted by Crippen LogP contribution is 2.06. The van der Waals surface area contributed by atoms with Gasteiger partial charge in [-0.05, 0) is 28.9 Å². The van der Waals surface area contributed by atoms with Crippen LogP contribution >= 0.6 is 15.9 Å². The van der Waals surface area contributed by atoms with Gasteiger partial charge in [0.1, 0.15) is 0 Å². The normalized spacial score (nSPS) is 16.2. The Morgan fingerprint density at radius 2 is 2.20 bits per heavy atom. The Labute approximate surface area is 127 Å². The summed E-state index contributed by atoms with van der Waals surface area (Å²) < 4.78 is 7.99. The van der Waals surface area contributed by atoms with Gasteiger partial charge in [0.05, 0.1) is 23.9 Å². The number of amides is 1. The van der Waals surface area contributed by atoms with Crippen LogP contribution in [0.1, 0.15) is 12.8 Å². The van der Waals surface area contributed by atoms with Crippen LogP contribution in [0.25, 0.3) is 0 Å². The van der Waals surface area contributed by atoms with Crippen molar-refractivity contribution in [3.63, 3.8) is 0 Å². The van der Waals surface area contributed by atoms with Crippen molar-refractivity contribution >= 4 is 21.8 Å². The average Bonchev–Trinajstić information content (AvgIpc) is 2.88. The quantitative estimate of drug-likeness (QED) is 0.746. The highest BCUT2D eigenvalue weighted by molar-refractivity contribution is 9.10. The molecular formula is C13H21BrN4O2. The van der Waals surface area contributed by atoms with Gasteiger partial charge < -0.3 is 10.1 Å². The first-order valence-electron chi connectivity index (χ1n) is 6.99. The maximum absolute atomic E-state index is 11.7. The van der Waals surface area contributed by atoms with Crippen LogP contribution in [0.3, 0.4) is 0 Å². The van der Waals surface area contributed by atoms with E-state index in [-0.39, 0.29) is 5.91 Å². The van der Waals surface area contributed by atoms with E-state index in [4.69, 9.17) is 4.74 Å². The van der Waals surface area contributed by atoms with Crippen LogP contribution in [-0.4, -0.2) is 60.0 Å². The van der Waals surface area contributed by atoms with Crippen molar-refractivity contribution < 1.29 is 9.53 Å². The molecule has 1 fully saturated rings. The number of hydrogen-bond donors (Lipinski definition) is 1. The molecule has 0 radical (unpaired) electrons. The minimum absolute atomic E-state index is 0.0820. The summed E-state index contributed by atoms with van der Waals surface area (Å²) in [5.74, 6) is 0.0820. The minimum Gasteiger partial charge on any atom is -0.379 e. The molecule has 20 heavy (non-hydrogen) atoms. The van der Waals surface area contributed by atoms with Gasteiger partial charge in [0.25, 0.3) is 0 Å². The second-order valence-corrected chi connectivity index (χ2v) is 5.74. The topological polar surface area (TPSA) is 59.4 Å². The van der Waals surface area contributed by atoms with Crippen molar-refractivity contribution in [2.75, 3.05) is 39.4 Å². The van der Waals surface area contributed by atoms with Gasteiger partial charge in [-0.3, -0.25) is 14.4 Å². The maximum Gasteiger partial charge on any atom is 0.221 e. The monoisotopic (exact) mass is 344 g/mol. The molecule has 1 aromatic rings. The first-order chi connectivity index (χ1) is 9.74. The van der Waals surface area contributed by atoms with Crippen LogP contribution < -0.4 is 5.32 Å². The molecule has 0 unspecified atom stereocenters. The Morgan fingerprint density at radius 1 is 1.40 bits per heavy atom. The van der Waals surface area contributed by atoms with Crippen LogP contribution in [0.5, 0.6) is 0 Å². The van der Waals surface area contributed by atoms with Crippen LogP contribution in [0.15, 0.2) is 16.9 Å². The number of morpholine rings is 1. The molecule has 1 aliphatic rings. The Hall–Kier alpha value is -0.920. The van der Waals surface area contributed by atoms with Crippen LogP contribution in [-0.2, 0) is 16.1 Å². The fraction of sp³-hybridized carbons (Fsp3) is 0.692. The molecule has 2 rings (SSSR count). The molecule has 7 heteroatoms. The molecule has 0 spiro atoms. The summed E-state index contributed by atoms with van der Waals surface area (Å²) >= 11 is 3.33. The van der Waals surface area contributed by atoms with E-state index in [1.807, 2.05) is 6.20 Å². The predicted octanol–water partition coefficient (Wildman–Crippen LogP) is 0.874. The van der Waals surface area contributed by atoms with E-state index in [2.05, 4.69) is 31.2 Å². The number of ether oxygens (including phenoxy) is 1. The smallest absolute Gasteiger partial charge is 0.221 e. The van der Waals surface area contributed by atoms with Crippen molar-refractivity contribution in [2.24, 2.45) is 0 Å². The largest absolute Gasteiger partial charge is 0.379 e. The summed E-state index contributed by atoms with van der Waals surface area (Å²) in [6, 6.07) is 0. The van der Waals surface area contributed by atoms with Gasteiger partial charge in [-0.15, -0.1) is 0 Å². The lowest BCUT2D eigenvalue weighted by atomic mass is 10.3. The van der Waals surface area contributed by atoms with Crippen molar-refractivity contribution in [1.29, 1.82) is 0 Å². The summed E-state index contributed by atoms with van der Waals surface area (Å²) in [6.45, 7) is 6.03. The zero-order valence-corrected chi connectivity index (χ0v) is 13.1. The molecule has 112 valence electrons. The van der Waals surface area contributed by atoms with Crippen LogP contribution in [0.2, 0.25) is 0 Å². The van der Waals surface area contributed by atoms with E-state index in [0.29, 0.717) is 13.0 Å². The van der Waals surface area contributed by atoms with Gasteiger partial charge in [-0.25, -0.2) is 0 Å². The Bertz CT molecular complexity index is 418. The summed E-state index contributed by atoms with van der Waals surface area (Å²) in [6.07, 6.45) is 5.04. The van der Waals surface area contributed by atoms with Crippen molar-refractivity contribution in [3.8, 4) is 0 Å². The van der Waals surface area contributed by atoms with E-state index >= 15 is 0 Å². The average molecular weight is 345 g/mol. The second-order valence-electron chi connectivity index (χ2n) is 4.83. The van der Waals surface area contributed by atoms with Crippen molar-refractivity contribution in [1.82, 2.24) is 20.0 Å². The lowest BCUT2D eigenvalue weighted by molar-refractivity contribution is -0.121. The molecule has 1 aromatic heterocycles. The molecule has 6 nitrogen and oxygen atoms in total. The lowest BCUT2D eigenvalue weighted by Gasteiger charge is -2.26. The number of carbonyl (C=O) groups is 1. The van der Waals surface area contributed by atoms with Crippen molar-refractivity contribution in [3.05, 3.63) is 16.9 Å². The molecule has 1 saturated heterocycles. The Morgan fingerprint density at radius 3 is 2.90 bits per heavy atom. The first kappa shape index (κ1) is 15.5. The van der Waals surface area contributed by atoms with Gasteiger partial charge in [-0.1, -0.05) is 0 Å². The molecule has 0 saturated carbocycles. The summed E-state index contributed by atoms with van der Waals surface area (Å²) in [5, 5.41) is 7.07. The number of halogens is 1. The predicted molar refractivity (Wildman–Crippen MR) is 79.4 cm³/mol. The van der Waals surface area contributed by atoms with Gasteiger partial charge in [-0.2, -0.15) is 5.10 Å². The summed E-state index contributed by atoms with van der Waals surface area (Å²) in [4.78, 5) is 14.0. The fourth-order valence-electron chi connectivity index (χ4n) is 2.12. The third-order valence-corrected chi connectivity index (χ3v) is 3.66. The number of aromatic nitrogens is 2. The second kappa shape index (κ2) is 8.39. The van der Waals surface area contributed by atoms with Crippen LogP contribution in [0.4, 0.5) is 0 Å². The van der Waals surface area contributed by atoms with Gasteiger partial charge in [0, 0.05) is 38.8 Å². The maximum atomic E-state index is 11.7. The van der Waals surface area contributed by atoms with Crippen LogP contribution in [0, 0.1) is 0 Å². The molecule has 0 atom stereocenters. The van der Waals surface area contributed by atoms with E-state index in [0.717, 1.165) is 50.3 Å². The highest BCUT2D eigenvalue weighted by Gasteiger charge is 2.09. The van der Waals surface area contributed by atoms with E-state index in [9.17, 15) is 4.79 Å². The number of hydrogen-bond acceptors (Lipinski definition) is 4. The Kier molecular flexibility index (Phi) is 6.49. The highest BCUT2D eigenvalue weighted by atomic mass is 79.9. The van der Waals surface area contributed by atoms with Gasteiger partial charge >= 0.3 is 0 Å².